The van der Waals surface area contributed by atoms with E-state index in [1.165, 1.54) is 24.3 Å². The van der Waals surface area contributed by atoms with Gasteiger partial charge in [-0.25, -0.2) is 4.39 Å². The van der Waals surface area contributed by atoms with Crippen LogP contribution < -0.4 is 5.32 Å². The van der Waals surface area contributed by atoms with Crippen molar-refractivity contribution in [3.63, 3.8) is 0 Å². The van der Waals surface area contributed by atoms with Crippen LogP contribution in [-0.4, -0.2) is 27.0 Å². The molecule has 0 bridgehead atoms. The van der Waals surface area contributed by atoms with Crippen molar-refractivity contribution < 1.29 is 18.7 Å². The number of aromatic hydroxyl groups is 1. The smallest absolute Gasteiger partial charge is 0.277 e. The van der Waals surface area contributed by atoms with Gasteiger partial charge in [0.2, 0.25) is 5.91 Å². The number of hydrogen-bond acceptors (Lipinski definition) is 6. The van der Waals surface area contributed by atoms with Crippen LogP contribution >= 0.6 is 11.8 Å². The van der Waals surface area contributed by atoms with Crippen molar-refractivity contribution in [1.82, 2.24) is 10.2 Å². The van der Waals surface area contributed by atoms with Crippen LogP contribution in [0.25, 0.3) is 11.5 Å². The number of amides is 1. The van der Waals surface area contributed by atoms with Crippen molar-refractivity contribution in [3.8, 4) is 17.2 Å². The minimum Gasteiger partial charge on any atom is -0.508 e. The molecule has 24 heavy (non-hydrogen) atoms. The Morgan fingerprint density at radius 1 is 1.21 bits per heavy atom. The summed E-state index contributed by atoms with van der Waals surface area (Å²) in [6.07, 6.45) is 0. The molecule has 0 unspecified atom stereocenters. The van der Waals surface area contributed by atoms with Gasteiger partial charge in [-0.05, 0) is 24.3 Å². The molecule has 1 amide bonds. The number of anilines is 1. The van der Waals surface area contributed by atoms with Crippen molar-refractivity contribution in [3.05, 3.63) is 54.3 Å². The van der Waals surface area contributed by atoms with Crippen LogP contribution in [0.15, 0.2) is 58.2 Å². The van der Waals surface area contributed by atoms with Crippen LogP contribution in [0.1, 0.15) is 0 Å². The highest BCUT2D eigenvalue weighted by Crippen LogP contribution is 2.25. The maximum absolute atomic E-state index is 13.7. The van der Waals surface area contributed by atoms with Crippen molar-refractivity contribution >= 4 is 23.4 Å². The van der Waals surface area contributed by atoms with Gasteiger partial charge < -0.3 is 14.8 Å². The topological polar surface area (TPSA) is 88.2 Å². The zero-order valence-electron chi connectivity index (χ0n) is 12.3. The highest BCUT2D eigenvalue weighted by molar-refractivity contribution is 7.99. The number of carbonyl (C=O) groups excluding carboxylic acids is 1. The third-order valence-corrected chi connectivity index (χ3v) is 3.79. The number of rotatable bonds is 5. The third-order valence-electron chi connectivity index (χ3n) is 2.97. The SMILES string of the molecule is O=C(CSc1nnc(-c2ccccc2F)o1)Nc1cccc(O)c1. The molecule has 0 aliphatic rings. The van der Waals surface area contributed by atoms with Crippen LogP contribution in [0.3, 0.4) is 0 Å². The molecule has 122 valence electrons. The summed E-state index contributed by atoms with van der Waals surface area (Å²) < 4.78 is 19.0. The molecule has 8 heteroatoms. The Hall–Kier alpha value is -2.87. The molecular weight excluding hydrogens is 333 g/mol. The summed E-state index contributed by atoms with van der Waals surface area (Å²) in [6, 6.07) is 12.3. The van der Waals surface area contributed by atoms with Gasteiger partial charge in [0.15, 0.2) is 0 Å². The number of halogens is 1. The second kappa shape index (κ2) is 7.14. The van der Waals surface area contributed by atoms with Crippen molar-refractivity contribution in [2.24, 2.45) is 0 Å². The first-order valence-corrected chi connectivity index (χ1v) is 7.90. The lowest BCUT2D eigenvalue weighted by atomic mass is 10.2. The molecule has 0 atom stereocenters. The Labute approximate surface area is 140 Å². The molecule has 3 rings (SSSR count). The molecule has 6 nitrogen and oxygen atoms in total. The Morgan fingerprint density at radius 3 is 2.83 bits per heavy atom. The molecule has 2 aromatic carbocycles. The van der Waals surface area contributed by atoms with E-state index in [-0.39, 0.29) is 34.1 Å². The Kier molecular flexibility index (Phi) is 4.76. The second-order valence-electron chi connectivity index (χ2n) is 4.74. The lowest BCUT2D eigenvalue weighted by Gasteiger charge is -2.03. The lowest BCUT2D eigenvalue weighted by molar-refractivity contribution is -0.113. The number of nitrogens with zero attached hydrogens (tertiary/aromatic N) is 2. The van der Waals surface area contributed by atoms with E-state index >= 15 is 0 Å². The largest absolute Gasteiger partial charge is 0.508 e. The number of nitrogens with one attached hydrogen (secondary N) is 1. The van der Waals surface area contributed by atoms with Crippen LogP contribution in [-0.2, 0) is 4.79 Å². The van der Waals surface area contributed by atoms with Crippen LogP contribution in [0.4, 0.5) is 10.1 Å². The van der Waals surface area contributed by atoms with Crippen molar-refractivity contribution in [1.29, 1.82) is 0 Å². The van der Waals surface area contributed by atoms with Crippen molar-refractivity contribution in [2.75, 3.05) is 11.1 Å². The van der Waals surface area contributed by atoms with Gasteiger partial charge in [-0.3, -0.25) is 4.79 Å². The Balaban J connectivity index is 1.59. The quantitative estimate of drug-likeness (QED) is 0.690. The standard InChI is InChI=1S/C16H12FN3O3S/c17-13-7-2-1-6-12(13)15-19-20-16(23-15)24-9-14(22)18-10-4-3-5-11(21)8-10/h1-8,21H,9H2,(H,18,22). The zero-order chi connectivity index (χ0) is 16.9. The molecule has 0 aliphatic heterocycles. The van der Waals surface area contributed by atoms with Gasteiger partial charge >= 0.3 is 0 Å². The second-order valence-corrected chi connectivity index (χ2v) is 5.67. The summed E-state index contributed by atoms with van der Waals surface area (Å²) in [7, 11) is 0. The lowest BCUT2D eigenvalue weighted by Crippen LogP contribution is -2.13. The van der Waals surface area contributed by atoms with Gasteiger partial charge in [0.25, 0.3) is 11.1 Å². The number of carbonyl (C=O) groups is 1. The first kappa shape index (κ1) is 16.0. The fourth-order valence-corrected chi connectivity index (χ4v) is 2.48. The summed E-state index contributed by atoms with van der Waals surface area (Å²) in [5.41, 5.74) is 0.694. The normalized spacial score (nSPS) is 10.5. The molecule has 0 fully saturated rings. The van der Waals surface area contributed by atoms with Crippen LogP contribution in [0.2, 0.25) is 0 Å². The Bertz CT molecular complexity index is 869. The number of benzene rings is 2. The number of aromatic nitrogens is 2. The van der Waals surface area contributed by atoms with Gasteiger partial charge in [-0.15, -0.1) is 10.2 Å². The minimum absolute atomic E-state index is 0.0363. The number of hydrogen-bond donors (Lipinski definition) is 2. The molecule has 0 saturated carbocycles. The predicted molar refractivity (Wildman–Crippen MR) is 87.2 cm³/mol. The van der Waals surface area contributed by atoms with E-state index in [9.17, 15) is 14.3 Å². The number of phenols is 1. The number of thioether (sulfide) groups is 1. The molecule has 1 aromatic heterocycles. The zero-order valence-corrected chi connectivity index (χ0v) is 13.1. The highest BCUT2D eigenvalue weighted by Gasteiger charge is 2.14. The van der Waals surface area contributed by atoms with E-state index in [1.807, 2.05) is 0 Å². The fourth-order valence-electron chi connectivity index (χ4n) is 1.92. The maximum atomic E-state index is 13.7. The van der Waals surface area contributed by atoms with Gasteiger partial charge in [-0.2, -0.15) is 0 Å². The summed E-state index contributed by atoms with van der Waals surface area (Å²) >= 11 is 1.04. The minimum atomic E-state index is -0.459. The molecule has 1 heterocycles. The van der Waals surface area contributed by atoms with Gasteiger partial charge in [0.05, 0.1) is 11.3 Å². The summed E-state index contributed by atoms with van der Waals surface area (Å²) in [5, 5.41) is 19.7. The molecule has 0 spiro atoms. The van der Waals surface area contributed by atoms with E-state index in [4.69, 9.17) is 4.42 Å². The predicted octanol–water partition coefficient (Wildman–Crippen LogP) is 3.31. The van der Waals surface area contributed by atoms with Gasteiger partial charge in [0, 0.05) is 11.8 Å². The first-order valence-electron chi connectivity index (χ1n) is 6.92. The van der Waals surface area contributed by atoms with Crippen LogP contribution in [0.5, 0.6) is 5.75 Å². The molecule has 3 aromatic rings. The molecule has 0 saturated heterocycles. The van der Waals surface area contributed by atoms with E-state index in [0.717, 1.165) is 11.8 Å². The maximum Gasteiger partial charge on any atom is 0.277 e. The van der Waals surface area contributed by atoms with Crippen molar-refractivity contribution in [2.45, 2.75) is 5.22 Å². The Morgan fingerprint density at radius 2 is 2.04 bits per heavy atom. The summed E-state index contributed by atoms with van der Waals surface area (Å²) in [5.74, 6) is -0.597. The van der Waals surface area contributed by atoms with Gasteiger partial charge in [0.1, 0.15) is 11.6 Å². The molecule has 0 aliphatic carbocycles. The average Bonchev–Trinajstić information content (AvgIpc) is 3.02. The van der Waals surface area contributed by atoms with E-state index in [2.05, 4.69) is 15.5 Å². The molecule has 2 N–H and O–H groups in total. The molecule has 0 radical (unpaired) electrons. The van der Waals surface area contributed by atoms with Crippen LogP contribution in [0, 0.1) is 5.82 Å². The third kappa shape index (κ3) is 3.90. The van der Waals surface area contributed by atoms with E-state index in [0.29, 0.717) is 5.69 Å². The number of phenolic OH excluding ortho intramolecular Hbond substituents is 1. The first-order chi connectivity index (χ1) is 11.6. The highest BCUT2D eigenvalue weighted by atomic mass is 32.2. The van der Waals surface area contributed by atoms with E-state index in [1.54, 1.807) is 24.3 Å². The fraction of sp³-hybridized carbons (Fsp3) is 0.0625. The monoisotopic (exact) mass is 345 g/mol. The summed E-state index contributed by atoms with van der Waals surface area (Å²) in [6.45, 7) is 0. The molecular formula is C16H12FN3O3S. The average molecular weight is 345 g/mol. The van der Waals surface area contributed by atoms with E-state index < -0.39 is 5.82 Å². The van der Waals surface area contributed by atoms with Gasteiger partial charge in [-0.1, -0.05) is 30.0 Å². The summed E-state index contributed by atoms with van der Waals surface area (Å²) in [4.78, 5) is 11.9.